The van der Waals surface area contributed by atoms with Crippen molar-refractivity contribution in [1.82, 2.24) is 5.32 Å². The minimum atomic E-state index is -0.278. The van der Waals surface area contributed by atoms with E-state index in [-0.39, 0.29) is 30.9 Å². The van der Waals surface area contributed by atoms with Crippen molar-refractivity contribution < 1.29 is 14.7 Å². The molecule has 0 bridgehead atoms. The van der Waals surface area contributed by atoms with E-state index in [1.165, 1.54) is 0 Å². The predicted molar refractivity (Wildman–Crippen MR) is 72.0 cm³/mol. The zero-order valence-electron chi connectivity index (χ0n) is 10.9. The molecule has 0 aromatic heterocycles. The third kappa shape index (κ3) is 3.12. The highest BCUT2D eigenvalue weighted by Gasteiger charge is 2.33. The largest absolute Gasteiger partial charge is 0.395 e. The Balaban J connectivity index is 2.19. The smallest absolute Gasteiger partial charge is 0.253 e. The van der Waals surface area contributed by atoms with Gasteiger partial charge in [0.25, 0.3) is 5.91 Å². The highest BCUT2D eigenvalue weighted by atomic mass is 16.3. The Kier molecular flexibility index (Phi) is 4.16. The molecule has 1 aromatic rings. The van der Waals surface area contributed by atoms with E-state index in [1.54, 1.807) is 36.2 Å². The number of rotatable bonds is 5. The summed E-state index contributed by atoms with van der Waals surface area (Å²) in [7, 11) is 1.69. The molecule has 1 saturated carbocycles. The van der Waals surface area contributed by atoms with E-state index in [2.05, 4.69) is 5.32 Å². The van der Waals surface area contributed by atoms with Crippen molar-refractivity contribution in [2.45, 2.75) is 12.8 Å². The maximum Gasteiger partial charge on any atom is 0.253 e. The molecule has 19 heavy (non-hydrogen) atoms. The van der Waals surface area contributed by atoms with Crippen molar-refractivity contribution in [2.75, 3.05) is 25.1 Å². The molecule has 2 rings (SSSR count). The first-order valence-electron chi connectivity index (χ1n) is 6.40. The minimum absolute atomic E-state index is 0.0578. The van der Waals surface area contributed by atoms with Crippen LogP contribution in [-0.2, 0) is 4.79 Å². The van der Waals surface area contributed by atoms with Gasteiger partial charge in [-0.05, 0) is 25.0 Å². The average molecular weight is 262 g/mol. The summed E-state index contributed by atoms with van der Waals surface area (Å²) in [6.07, 6.45) is 1.87. The highest BCUT2D eigenvalue weighted by molar-refractivity contribution is 6.05. The minimum Gasteiger partial charge on any atom is -0.395 e. The monoisotopic (exact) mass is 262 g/mol. The lowest BCUT2D eigenvalue weighted by Crippen LogP contribution is -2.32. The number of amides is 2. The SMILES string of the molecule is CN(C(=O)C1CC1)c1ccccc1C(=O)NCCO. The lowest BCUT2D eigenvalue weighted by Gasteiger charge is -2.20. The van der Waals surface area contributed by atoms with Crippen molar-refractivity contribution >= 4 is 17.5 Å². The molecule has 5 nitrogen and oxygen atoms in total. The Hall–Kier alpha value is -1.88. The zero-order valence-corrected chi connectivity index (χ0v) is 10.9. The molecule has 2 amide bonds. The zero-order chi connectivity index (χ0) is 13.8. The van der Waals surface area contributed by atoms with E-state index in [9.17, 15) is 9.59 Å². The van der Waals surface area contributed by atoms with E-state index in [0.717, 1.165) is 12.8 Å². The molecule has 1 aliphatic carbocycles. The van der Waals surface area contributed by atoms with Crippen LogP contribution in [0.25, 0.3) is 0 Å². The van der Waals surface area contributed by atoms with Crippen LogP contribution in [0.2, 0.25) is 0 Å². The number of hydrogen-bond acceptors (Lipinski definition) is 3. The summed E-state index contributed by atoms with van der Waals surface area (Å²) in [5, 5.41) is 11.3. The second-order valence-electron chi connectivity index (χ2n) is 4.67. The van der Waals surface area contributed by atoms with Crippen LogP contribution in [0.3, 0.4) is 0 Å². The molecule has 0 atom stereocenters. The van der Waals surface area contributed by atoms with Crippen molar-refractivity contribution in [3.8, 4) is 0 Å². The van der Waals surface area contributed by atoms with Crippen molar-refractivity contribution in [2.24, 2.45) is 5.92 Å². The van der Waals surface area contributed by atoms with Crippen LogP contribution in [0.4, 0.5) is 5.69 Å². The van der Waals surface area contributed by atoms with Gasteiger partial charge in [-0.15, -0.1) is 0 Å². The van der Waals surface area contributed by atoms with Crippen LogP contribution < -0.4 is 10.2 Å². The van der Waals surface area contributed by atoms with Gasteiger partial charge in [-0.1, -0.05) is 12.1 Å². The summed E-state index contributed by atoms with van der Waals surface area (Å²) in [5.74, 6) is -0.110. The van der Waals surface area contributed by atoms with Gasteiger partial charge in [0.2, 0.25) is 5.91 Å². The summed E-state index contributed by atoms with van der Waals surface area (Å²) in [5.41, 5.74) is 1.06. The number of aliphatic hydroxyl groups is 1. The normalized spacial score (nSPS) is 14.0. The molecular weight excluding hydrogens is 244 g/mol. The summed E-state index contributed by atoms with van der Waals surface area (Å²) in [6, 6.07) is 6.99. The fourth-order valence-electron chi connectivity index (χ4n) is 1.95. The maximum atomic E-state index is 12.0. The number of nitrogens with zero attached hydrogens (tertiary/aromatic N) is 1. The second-order valence-corrected chi connectivity index (χ2v) is 4.67. The molecular formula is C14H18N2O3. The van der Waals surface area contributed by atoms with Gasteiger partial charge < -0.3 is 15.3 Å². The molecule has 1 aliphatic rings. The van der Waals surface area contributed by atoms with Gasteiger partial charge in [-0.25, -0.2) is 0 Å². The molecule has 2 N–H and O–H groups in total. The Morgan fingerprint density at radius 2 is 2.05 bits per heavy atom. The number of para-hydroxylation sites is 1. The average Bonchev–Trinajstić information content (AvgIpc) is 3.27. The molecule has 102 valence electrons. The number of benzene rings is 1. The number of aliphatic hydroxyl groups excluding tert-OH is 1. The summed E-state index contributed by atoms with van der Waals surface area (Å²) in [4.78, 5) is 25.6. The van der Waals surface area contributed by atoms with Crippen LogP contribution in [0, 0.1) is 5.92 Å². The fraction of sp³-hybridized carbons (Fsp3) is 0.429. The van der Waals surface area contributed by atoms with E-state index >= 15 is 0 Å². The first-order chi connectivity index (χ1) is 9.15. The first-order valence-corrected chi connectivity index (χ1v) is 6.40. The quantitative estimate of drug-likeness (QED) is 0.824. The Morgan fingerprint density at radius 1 is 1.37 bits per heavy atom. The van der Waals surface area contributed by atoms with Gasteiger partial charge in [0.05, 0.1) is 17.9 Å². The standard InChI is InChI=1S/C14H18N2O3/c1-16(14(19)10-6-7-10)12-5-3-2-4-11(12)13(18)15-8-9-17/h2-5,10,17H,6-9H2,1H3,(H,15,18). The van der Waals surface area contributed by atoms with Crippen LogP contribution in [0.15, 0.2) is 24.3 Å². The molecule has 0 spiro atoms. The van der Waals surface area contributed by atoms with Gasteiger partial charge >= 0.3 is 0 Å². The predicted octanol–water partition coefficient (Wildman–Crippen LogP) is 0.781. The Bertz CT molecular complexity index is 483. The number of hydrogen-bond donors (Lipinski definition) is 2. The van der Waals surface area contributed by atoms with E-state index in [1.807, 2.05) is 0 Å². The molecule has 0 radical (unpaired) electrons. The van der Waals surface area contributed by atoms with Crippen molar-refractivity contribution in [3.63, 3.8) is 0 Å². The van der Waals surface area contributed by atoms with E-state index in [4.69, 9.17) is 5.11 Å². The second kappa shape index (κ2) is 5.84. The third-order valence-corrected chi connectivity index (χ3v) is 3.16. The molecule has 1 aromatic carbocycles. The summed E-state index contributed by atoms with van der Waals surface area (Å²) < 4.78 is 0. The summed E-state index contributed by atoms with van der Waals surface area (Å²) in [6.45, 7) is 0.0954. The van der Waals surface area contributed by atoms with E-state index < -0.39 is 0 Å². The van der Waals surface area contributed by atoms with Crippen molar-refractivity contribution in [3.05, 3.63) is 29.8 Å². The number of carbonyl (C=O) groups is 2. The van der Waals surface area contributed by atoms with Gasteiger partial charge in [0.1, 0.15) is 0 Å². The van der Waals surface area contributed by atoms with E-state index in [0.29, 0.717) is 11.3 Å². The molecule has 5 heteroatoms. The summed E-state index contributed by atoms with van der Waals surface area (Å²) >= 11 is 0. The molecule has 0 unspecified atom stereocenters. The molecule has 0 heterocycles. The Labute approximate surface area is 112 Å². The maximum absolute atomic E-state index is 12.0. The third-order valence-electron chi connectivity index (χ3n) is 3.16. The number of anilines is 1. The topological polar surface area (TPSA) is 69.6 Å². The Morgan fingerprint density at radius 3 is 2.68 bits per heavy atom. The lowest BCUT2D eigenvalue weighted by atomic mass is 10.1. The van der Waals surface area contributed by atoms with Crippen LogP contribution in [0.5, 0.6) is 0 Å². The van der Waals surface area contributed by atoms with Gasteiger partial charge in [-0.3, -0.25) is 9.59 Å². The molecule has 0 saturated heterocycles. The van der Waals surface area contributed by atoms with Gasteiger partial charge in [-0.2, -0.15) is 0 Å². The van der Waals surface area contributed by atoms with Gasteiger partial charge in [0, 0.05) is 19.5 Å². The van der Waals surface area contributed by atoms with Crippen LogP contribution >= 0.6 is 0 Å². The highest BCUT2D eigenvalue weighted by Crippen LogP contribution is 2.33. The van der Waals surface area contributed by atoms with Crippen LogP contribution in [0.1, 0.15) is 23.2 Å². The fourth-order valence-corrected chi connectivity index (χ4v) is 1.95. The number of nitrogens with one attached hydrogen (secondary N) is 1. The first kappa shape index (κ1) is 13.5. The van der Waals surface area contributed by atoms with Crippen molar-refractivity contribution in [1.29, 1.82) is 0 Å². The van der Waals surface area contributed by atoms with Crippen LogP contribution in [-0.4, -0.2) is 37.1 Å². The molecule has 1 fully saturated rings. The lowest BCUT2D eigenvalue weighted by molar-refractivity contribution is -0.119. The number of carbonyl (C=O) groups excluding carboxylic acids is 2. The molecule has 0 aliphatic heterocycles. The van der Waals surface area contributed by atoms with Gasteiger partial charge in [0.15, 0.2) is 0 Å².